The Morgan fingerprint density at radius 2 is 1.80 bits per heavy atom. The molecule has 0 bridgehead atoms. The van der Waals surface area contributed by atoms with Crippen LogP contribution in [0.3, 0.4) is 0 Å². The Hall–Kier alpha value is -2.10. The summed E-state index contributed by atoms with van der Waals surface area (Å²) in [5, 5.41) is 3.10. The van der Waals surface area contributed by atoms with Crippen molar-refractivity contribution in [2.45, 2.75) is 26.2 Å². The minimum absolute atomic E-state index is 0.122. The second kappa shape index (κ2) is 5.49. The van der Waals surface area contributed by atoms with Crippen LogP contribution in [-0.4, -0.2) is 5.91 Å². The second-order valence-corrected chi connectivity index (χ2v) is 6.57. The lowest BCUT2D eigenvalue weighted by molar-refractivity contribution is 0.100. The summed E-state index contributed by atoms with van der Waals surface area (Å²) < 4.78 is 0. The Balaban J connectivity index is 2.29. The van der Waals surface area contributed by atoms with Crippen LogP contribution in [0.25, 0.3) is 20.9 Å². The van der Waals surface area contributed by atoms with E-state index in [-0.39, 0.29) is 5.41 Å². The van der Waals surface area contributed by atoms with Crippen molar-refractivity contribution < 1.29 is 4.79 Å². The molecule has 0 aliphatic rings. The molecule has 0 atom stereocenters. The maximum absolute atomic E-state index is 11.5. The van der Waals surface area contributed by atoms with Crippen LogP contribution in [0.5, 0.6) is 0 Å². The molecule has 0 unspecified atom stereocenters. The zero-order chi connectivity index (χ0) is 14.8. The Morgan fingerprint density at radius 3 is 2.35 bits per heavy atom. The van der Waals surface area contributed by atoms with E-state index in [9.17, 15) is 4.79 Å². The molecule has 0 aliphatic heterocycles. The number of rotatable bonds is 2. The largest absolute Gasteiger partial charge is 0.286 e. The van der Waals surface area contributed by atoms with Gasteiger partial charge in [0.1, 0.15) is 0 Å². The van der Waals surface area contributed by atoms with E-state index in [1.807, 2.05) is 18.2 Å². The number of hydrogen-bond acceptors (Lipinski definition) is 2. The van der Waals surface area contributed by atoms with Crippen molar-refractivity contribution in [3.63, 3.8) is 0 Å². The molecule has 0 aliphatic carbocycles. The molecule has 2 rings (SSSR count). The Labute approximate surface area is 121 Å². The fourth-order valence-corrected chi connectivity index (χ4v) is 2.72. The summed E-state index contributed by atoms with van der Waals surface area (Å²) in [4.78, 5) is 15.4. The highest BCUT2D eigenvalue weighted by molar-refractivity contribution is 7.17. The van der Waals surface area contributed by atoms with Gasteiger partial charge in [0.2, 0.25) is 0 Å². The average Bonchev–Trinajstić information content (AvgIpc) is 2.88. The van der Waals surface area contributed by atoms with Crippen LogP contribution in [0.1, 0.15) is 36.0 Å². The van der Waals surface area contributed by atoms with Gasteiger partial charge in [0, 0.05) is 9.79 Å². The summed E-state index contributed by atoms with van der Waals surface area (Å²) in [6.07, 6.45) is 0. The molecule has 1 amide bonds. The maximum atomic E-state index is 11.5. The second-order valence-electron chi connectivity index (χ2n) is 5.49. The van der Waals surface area contributed by atoms with Crippen LogP contribution in [0, 0.1) is 0 Å². The van der Waals surface area contributed by atoms with E-state index in [1.54, 1.807) is 6.07 Å². The van der Waals surface area contributed by atoms with Gasteiger partial charge in [-0.25, -0.2) is 0 Å². The molecule has 1 aromatic heterocycles. The van der Waals surface area contributed by atoms with E-state index in [1.165, 1.54) is 16.9 Å². The molecule has 0 saturated carbocycles. The van der Waals surface area contributed by atoms with E-state index in [0.717, 1.165) is 10.4 Å². The van der Waals surface area contributed by atoms with Gasteiger partial charge in [-0.3, -0.25) is 4.79 Å². The molecule has 5 heteroatoms. The minimum Gasteiger partial charge on any atom is -0.286 e. The highest BCUT2D eigenvalue weighted by Crippen LogP contribution is 2.30. The highest BCUT2D eigenvalue weighted by Gasteiger charge is 2.14. The van der Waals surface area contributed by atoms with E-state index < -0.39 is 5.91 Å². The van der Waals surface area contributed by atoms with Gasteiger partial charge in [0.05, 0.1) is 4.88 Å². The summed E-state index contributed by atoms with van der Waals surface area (Å²) >= 11 is 1.33. The molecule has 0 fully saturated rings. The third-order valence-electron chi connectivity index (χ3n) is 2.99. The monoisotopic (exact) mass is 285 g/mol. The molecule has 0 spiro atoms. The summed E-state index contributed by atoms with van der Waals surface area (Å²) in [5.74, 6) is -0.532. The zero-order valence-corrected chi connectivity index (χ0v) is 12.4. The lowest BCUT2D eigenvalue weighted by Gasteiger charge is -2.18. The van der Waals surface area contributed by atoms with E-state index in [0.29, 0.717) is 4.88 Å². The number of thiophene rings is 1. The van der Waals surface area contributed by atoms with Gasteiger partial charge in [-0.1, -0.05) is 45.0 Å². The summed E-state index contributed by atoms with van der Waals surface area (Å²) in [7, 11) is 0. The third-order valence-corrected chi connectivity index (χ3v) is 4.11. The van der Waals surface area contributed by atoms with Gasteiger partial charge < -0.3 is 0 Å². The molecule has 0 radical (unpaired) electrons. The third kappa shape index (κ3) is 3.07. The van der Waals surface area contributed by atoms with E-state index in [2.05, 4.69) is 42.9 Å². The fourth-order valence-electron chi connectivity index (χ4n) is 1.83. The van der Waals surface area contributed by atoms with Crippen LogP contribution in [0.2, 0.25) is 0 Å². The molecule has 1 aromatic carbocycles. The molecular weight excluding hydrogens is 270 g/mol. The number of azide groups is 1. The summed E-state index contributed by atoms with van der Waals surface area (Å²) in [5.41, 5.74) is 10.7. The zero-order valence-electron chi connectivity index (χ0n) is 11.6. The first-order valence-electron chi connectivity index (χ1n) is 6.22. The van der Waals surface area contributed by atoms with Gasteiger partial charge in [-0.2, -0.15) is 0 Å². The Morgan fingerprint density at radius 1 is 1.15 bits per heavy atom. The van der Waals surface area contributed by atoms with Gasteiger partial charge in [0.25, 0.3) is 5.91 Å². The van der Waals surface area contributed by atoms with Gasteiger partial charge in [0.15, 0.2) is 0 Å². The topological polar surface area (TPSA) is 65.8 Å². The quantitative estimate of drug-likeness (QED) is 0.426. The van der Waals surface area contributed by atoms with E-state index >= 15 is 0 Å². The van der Waals surface area contributed by atoms with Crippen LogP contribution >= 0.6 is 11.3 Å². The van der Waals surface area contributed by atoms with Crippen molar-refractivity contribution in [3.8, 4) is 10.4 Å². The lowest BCUT2D eigenvalue weighted by Crippen LogP contribution is -2.10. The molecule has 4 nitrogen and oxygen atoms in total. The molecule has 0 saturated heterocycles. The average molecular weight is 285 g/mol. The fraction of sp³-hybridized carbons (Fsp3) is 0.267. The van der Waals surface area contributed by atoms with Crippen molar-refractivity contribution in [1.29, 1.82) is 0 Å². The predicted octanol–water partition coefficient (Wildman–Crippen LogP) is 5.16. The first-order valence-corrected chi connectivity index (χ1v) is 7.03. The first-order chi connectivity index (χ1) is 9.41. The maximum Gasteiger partial charge on any atom is 0.259 e. The number of amides is 1. The van der Waals surface area contributed by atoms with Crippen molar-refractivity contribution >= 4 is 17.2 Å². The lowest BCUT2D eigenvalue weighted by atomic mass is 9.86. The SMILES string of the molecule is CC(C)(C)c1ccc(-c2ccc(C(=O)N=[N+]=[N-])s2)cc1. The van der Waals surface area contributed by atoms with Crippen LogP contribution < -0.4 is 0 Å². The number of carbonyl (C=O) groups excluding carboxylic acids is 1. The van der Waals surface area contributed by atoms with Crippen molar-refractivity contribution in [1.82, 2.24) is 0 Å². The number of nitrogens with zero attached hydrogens (tertiary/aromatic N) is 3. The first kappa shape index (κ1) is 14.3. The van der Waals surface area contributed by atoms with Crippen LogP contribution in [0.15, 0.2) is 41.5 Å². The summed E-state index contributed by atoms with van der Waals surface area (Å²) in [6, 6.07) is 11.9. The van der Waals surface area contributed by atoms with Crippen molar-refractivity contribution in [3.05, 3.63) is 57.3 Å². The minimum atomic E-state index is -0.532. The van der Waals surface area contributed by atoms with Gasteiger partial charge in [-0.15, -0.1) is 11.3 Å². The van der Waals surface area contributed by atoms with Crippen LogP contribution in [0.4, 0.5) is 0 Å². The molecular formula is C15H15N3OS. The van der Waals surface area contributed by atoms with Gasteiger partial charge in [-0.05, 0) is 39.3 Å². The molecule has 2 aromatic rings. The molecule has 0 N–H and O–H groups in total. The Kier molecular flexibility index (Phi) is 3.93. The number of hydrogen-bond donors (Lipinski definition) is 0. The molecule has 102 valence electrons. The van der Waals surface area contributed by atoms with Crippen LogP contribution in [-0.2, 0) is 5.41 Å². The Bertz CT molecular complexity index is 674. The predicted molar refractivity (Wildman–Crippen MR) is 81.9 cm³/mol. The van der Waals surface area contributed by atoms with E-state index in [4.69, 9.17) is 5.53 Å². The smallest absolute Gasteiger partial charge is 0.259 e. The van der Waals surface area contributed by atoms with Gasteiger partial charge >= 0.3 is 0 Å². The summed E-state index contributed by atoms with van der Waals surface area (Å²) in [6.45, 7) is 6.51. The van der Waals surface area contributed by atoms with Crippen molar-refractivity contribution in [2.75, 3.05) is 0 Å². The number of carbonyl (C=O) groups is 1. The normalized spacial score (nSPS) is 10.9. The van der Waals surface area contributed by atoms with Crippen molar-refractivity contribution in [2.24, 2.45) is 5.11 Å². The highest BCUT2D eigenvalue weighted by atomic mass is 32.1. The standard InChI is InChI=1S/C15H15N3OS/c1-15(2,3)11-6-4-10(5-7-11)12-8-9-13(20-12)14(19)17-18-16/h4-9H,1-3H3. The number of benzene rings is 1. The molecule has 20 heavy (non-hydrogen) atoms. The molecule has 1 heterocycles.